The number of benzene rings is 3. The maximum absolute atomic E-state index is 13.5. The molecule has 0 saturated heterocycles. The zero-order valence-electron chi connectivity index (χ0n) is 17.5. The van der Waals surface area contributed by atoms with Gasteiger partial charge in [-0.25, -0.2) is 13.4 Å². The third kappa shape index (κ3) is 4.55. The Hall–Kier alpha value is -2.74. The Morgan fingerprint density at radius 2 is 1.72 bits per heavy atom. The van der Waals surface area contributed by atoms with Crippen molar-refractivity contribution in [3.63, 3.8) is 0 Å². The van der Waals surface area contributed by atoms with Gasteiger partial charge in [0.05, 0.1) is 26.9 Å². The molecule has 4 rings (SSSR count). The van der Waals surface area contributed by atoms with Gasteiger partial charge in [0.2, 0.25) is 0 Å². The Bertz CT molecular complexity index is 1370. The highest BCUT2D eigenvalue weighted by Crippen LogP contribution is 2.32. The first-order valence-electron chi connectivity index (χ1n) is 10.0. The average Bonchev–Trinajstić information content (AvgIpc) is 3.20. The maximum atomic E-state index is 13.5. The highest BCUT2D eigenvalue weighted by molar-refractivity contribution is 7.92. The number of hydrogen-bond acceptors (Lipinski definition) is 5. The molecule has 3 aromatic carbocycles. The normalized spacial score (nSPS) is 11.8. The van der Waals surface area contributed by atoms with Crippen LogP contribution in [0.15, 0.2) is 77.7 Å². The number of hydrogen-bond donors (Lipinski definition) is 0. The van der Waals surface area contributed by atoms with Crippen molar-refractivity contribution in [3.8, 4) is 0 Å². The highest BCUT2D eigenvalue weighted by atomic mass is 35.5. The van der Waals surface area contributed by atoms with Gasteiger partial charge in [0.25, 0.3) is 5.91 Å². The minimum atomic E-state index is -3.41. The molecule has 4 aromatic rings. The molecule has 5 nitrogen and oxygen atoms in total. The van der Waals surface area contributed by atoms with Gasteiger partial charge in [0.15, 0.2) is 15.0 Å². The monoisotopic (exact) mass is 484 g/mol. The maximum Gasteiger partial charge on any atom is 0.260 e. The molecule has 1 heterocycles. The number of carbonyl (C=O) groups is 1. The summed E-state index contributed by atoms with van der Waals surface area (Å²) in [5.74, 6) is -0.257. The molecule has 1 amide bonds. The van der Waals surface area contributed by atoms with E-state index in [1.165, 1.54) is 23.5 Å². The molecule has 0 unspecified atom stereocenters. The topological polar surface area (TPSA) is 67.3 Å². The van der Waals surface area contributed by atoms with Crippen molar-refractivity contribution < 1.29 is 13.2 Å². The van der Waals surface area contributed by atoms with Gasteiger partial charge in [-0.05, 0) is 61.9 Å². The van der Waals surface area contributed by atoms with E-state index in [0.29, 0.717) is 22.3 Å². The van der Waals surface area contributed by atoms with E-state index in [-0.39, 0.29) is 10.8 Å². The lowest BCUT2D eigenvalue weighted by Gasteiger charge is -2.20. The van der Waals surface area contributed by atoms with E-state index in [4.69, 9.17) is 11.6 Å². The third-order valence-electron chi connectivity index (χ3n) is 5.05. The zero-order valence-corrected chi connectivity index (χ0v) is 19.9. The number of thiazole rings is 1. The fourth-order valence-corrected chi connectivity index (χ4v) is 5.51. The number of sulfone groups is 1. The van der Waals surface area contributed by atoms with Gasteiger partial charge in [-0.1, -0.05) is 53.3 Å². The third-order valence-corrected chi connectivity index (χ3v) is 8.50. The summed E-state index contributed by atoms with van der Waals surface area (Å²) in [6.07, 6.45) is 0. The van der Waals surface area contributed by atoms with Crippen molar-refractivity contribution in [2.24, 2.45) is 0 Å². The second-order valence-corrected chi connectivity index (χ2v) is 11.6. The molecule has 0 aliphatic heterocycles. The van der Waals surface area contributed by atoms with E-state index in [1.54, 1.807) is 36.9 Å². The number of amides is 1. The van der Waals surface area contributed by atoms with E-state index in [1.807, 2.05) is 42.5 Å². The van der Waals surface area contributed by atoms with E-state index in [2.05, 4.69) is 4.98 Å². The molecule has 0 bridgehead atoms. The molecule has 0 aliphatic rings. The van der Waals surface area contributed by atoms with Crippen molar-refractivity contribution in [2.45, 2.75) is 30.5 Å². The SMILES string of the molecule is CC(C)S(=O)(=O)c1ccc(C(=O)N(Cc2ccccc2)c2nc3ccc(Cl)cc3s2)cc1. The van der Waals surface area contributed by atoms with Crippen LogP contribution in [0.1, 0.15) is 29.8 Å². The fourth-order valence-electron chi connectivity index (χ4n) is 3.21. The Labute approximate surface area is 196 Å². The van der Waals surface area contributed by atoms with Crippen LogP contribution in [-0.4, -0.2) is 24.6 Å². The van der Waals surface area contributed by atoms with Crippen molar-refractivity contribution in [3.05, 3.63) is 88.9 Å². The highest BCUT2D eigenvalue weighted by Gasteiger charge is 2.24. The van der Waals surface area contributed by atoms with Crippen LogP contribution < -0.4 is 4.90 Å². The second-order valence-electron chi connectivity index (χ2n) is 7.60. The van der Waals surface area contributed by atoms with Crippen molar-refractivity contribution in [1.29, 1.82) is 0 Å². The van der Waals surface area contributed by atoms with Crippen molar-refractivity contribution in [2.75, 3.05) is 4.90 Å². The second kappa shape index (κ2) is 9.02. The summed E-state index contributed by atoms with van der Waals surface area (Å²) in [6, 6.07) is 21.2. The minimum Gasteiger partial charge on any atom is -0.279 e. The summed E-state index contributed by atoms with van der Waals surface area (Å²) >= 11 is 7.51. The summed E-state index contributed by atoms with van der Waals surface area (Å²) in [6.45, 7) is 3.60. The van der Waals surface area contributed by atoms with Gasteiger partial charge in [-0.3, -0.25) is 9.69 Å². The van der Waals surface area contributed by atoms with Gasteiger partial charge in [-0.15, -0.1) is 0 Å². The Morgan fingerprint density at radius 1 is 1.03 bits per heavy atom. The molecule has 0 spiro atoms. The number of anilines is 1. The average molecular weight is 485 g/mol. The first kappa shape index (κ1) is 22.5. The molecule has 0 radical (unpaired) electrons. The first-order chi connectivity index (χ1) is 15.3. The predicted octanol–water partition coefficient (Wildman–Crippen LogP) is 5.98. The first-order valence-corrected chi connectivity index (χ1v) is 12.8. The minimum absolute atomic E-state index is 0.202. The molecule has 8 heteroatoms. The molecule has 0 saturated carbocycles. The molecule has 32 heavy (non-hydrogen) atoms. The van der Waals surface area contributed by atoms with Crippen LogP contribution in [0.2, 0.25) is 5.02 Å². The number of halogens is 1. The van der Waals surface area contributed by atoms with Gasteiger partial charge in [0, 0.05) is 10.6 Å². The molecule has 0 aliphatic carbocycles. The van der Waals surface area contributed by atoms with Gasteiger partial charge >= 0.3 is 0 Å². The van der Waals surface area contributed by atoms with Gasteiger partial charge in [0.1, 0.15) is 0 Å². The number of fused-ring (bicyclic) bond motifs is 1. The van der Waals surface area contributed by atoms with Crippen molar-refractivity contribution in [1.82, 2.24) is 4.98 Å². The van der Waals surface area contributed by atoms with Crippen LogP contribution in [0, 0.1) is 0 Å². The lowest BCUT2D eigenvalue weighted by molar-refractivity contribution is 0.0985. The molecule has 0 atom stereocenters. The summed E-state index contributed by atoms with van der Waals surface area (Å²) < 4.78 is 25.7. The van der Waals surface area contributed by atoms with Crippen molar-refractivity contribution >= 4 is 54.0 Å². The van der Waals surface area contributed by atoms with Gasteiger partial charge in [-0.2, -0.15) is 0 Å². The number of aromatic nitrogens is 1. The Kier molecular flexibility index (Phi) is 6.33. The van der Waals surface area contributed by atoms with E-state index >= 15 is 0 Å². The Balaban J connectivity index is 1.73. The molecular weight excluding hydrogens is 464 g/mol. The largest absolute Gasteiger partial charge is 0.279 e. The van der Waals surface area contributed by atoms with Crippen LogP contribution >= 0.6 is 22.9 Å². The van der Waals surface area contributed by atoms with E-state index < -0.39 is 15.1 Å². The van der Waals surface area contributed by atoms with Gasteiger partial charge < -0.3 is 0 Å². The van der Waals surface area contributed by atoms with Crippen LogP contribution in [-0.2, 0) is 16.4 Å². The van der Waals surface area contributed by atoms with E-state index in [9.17, 15) is 13.2 Å². The summed E-state index contributed by atoms with van der Waals surface area (Å²) in [7, 11) is -3.41. The lowest BCUT2D eigenvalue weighted by Crippen LogP contribution is -2.30. The summed E-state index contributed by atoms with van der Waals surface area (Å²) in [4.78, 5) is 20.0. The van der Waals surface area contributed by atoms with Crippen LogP contribution in [0.4, 0.5) is 5.13 Å². The number of rotatable bonds is 6. The number of carbonyl (C=O) groups excluding carboxylic acids is 1. The molecule has 164 valence electrons. The molecule has 0 fully saturated rings. The smallest absolute Gasteiger partial charge is 0.260 e. The summed E-state index contributed by atoms with van der Waals surface area (Å²) in [5.41, 5.74) is 2.11. The summed E-state index contributed by atoms with van der Waals surface area (Å²) in [5, 5.41) is 0.624. The molecular formula is C24H21ClN2O3S2. The van der Waals surface area contributed by atoms with Crippen LogP contribution in [0.25, 0.3) is 10.2 Å². The standard InChI is InChI=1S/C24H21ClN2O3S2/c1-16(2)32(29,30)20-11-8-18(9-12-20)23(28)27(15-17-6-4-3-5-7-17)24-26-21-13-10-19(25)14-22(21)31-24/h3-14,16H,15H2,1-2H3. The quantitative estimate of drug-likeness (QED) is 0.337. The zero-order chi connectivity index (χ0) is 22.9. The lowest BCUT2D eigenvalue weighted by atomic mass is 10.1. The fraction of sp³-hybridized carbons (Fsp3) is 0.167. The van der Waals surface area contributed by atoms with E-state index in [0.717, 1.165) is 15.8 Å². The number of nitrogens with zero attached hydrogens (tertiary/aromatic N) is 2. The van der Waals surface area contributed by atoms with Crippen LogP contribution in [0.5, 0.6) is 0 Å². The predicted molar refractivity (Wildman–Crippen MR) is 130 cm³/mol. The molecule has 1 aromatic heterocycles. The molecule has 0 N–H and O–H groups in total. The van der Waals surface area contributed by atoms with Crippen LogP contribution in [0.3, 0.4) is 0 Å². The Morgan fingerprint density at radius 3 is 2.38 bits per heavy atom.